The zero-order valence-corrected chi connectivity index (χ0v) is 19.0. The summed E-state index contributed by atoms with van der Waals surface area (Å²) in [5, 5.41) is 10.7. The van der Waals surface area contributed by atoms with Crippen LogP contribution in [0, 0.1) is 0 Å². The van der Waals surface area contributed by atoms with E-state index in [0.29, 0.717) is 28.3 Å². The molecular formula is C24H21ClN2O4S. The van der Waals surface area contributed by atoms with Crippen molar-refractivity contribution in [1.82, 2.24) is 0 Å². The van der Waals surface area contributed by atoms with Gasteiger partial charge in [-0.05, 0) is 74.5 Å². The van der Waals surface area contributed by atoms with Gasteiger partial charge >= 0.3 is 0 Å². The molecule has 0 unspecified atom stereocenters. The Labute approximate surface area is 191 Å². The van der Waals surface area contributed by atoms with Crippen molar-refractivity contribution >= 4 is 45.3 Å². The van der Waals surface area contributed by atoms with E-state index < -0.39 is 15.6 Å². The number of fused-ring (bicyclic) bond motifs is 1. The minimum atomic E-state index is -3.81. The molecule has 0 bridgehead atoms. The number of nitrogens with zero attached hydrogens (tertiary/aromatic N) is 1. The number of aromatic hydroxyl groups is 1. The van der Waals surface area contributed by atoms with E-state index in [0.717, 1.165) is 0 Å². The number of aliphatic imine (C=N–C) groups is 1. The Morgan fingerprint density at radius 3 is 2.50 bits per heavy atom. The van der Waals surface area contributed by atoms with Gasteiger partial charge in [0.2, 0.25) is 0 Å². The number of ether oxygens (including phenoxy) is 1. The minimum absolute atomic E-state index is 0.00747. The fourth-order valence-corrected chi connectivity index (χ4v) is 4.77. The first-order valence-electron chi connectivity index (χ1n) is 9.80. The van der Waals surface area contributed by atoms with Crippen molar-refractivity contribution in [1.29, 1.82) is 0 Å². The summed E-state index contributed by atoms with van der Waals surface area (Å²) in [6.45, 7) is 3.88. The number of hydrogen-bond acceptors (Lipinski definition) is 5. The second kappa shape index (κ2) is 8.33. The number of phenolic OH excluding ortho intramolecular Hbond substituents is 1. The van der Waals surface area contributed by atoms with Crippen molar-refractivity contribution in [3.8, 4) is 11.5 Å². The van der Waals surface area contributed by atoms with Crippen LogP contribution in [0.25, 0.3) is 6.08 Å². The van der Waals surface area contributed by atoms with Crippen LogP contribution in [0.1, 0.15) is 25.0 Å². The number of phenols is 1. The monoisotopic (exact) mass is 468 g/mol. The second-order valence-electron chi connectivity index (χ2n) is 7.80. The second-order valence-corrected chi connectivity index (χ2v) is 9.85. The van der Waals surface area contributed by atoms with Crippen LogP contribution in [0.15, 0.2) is 76.6 Å². The lowest BCUT2D eigenvalue weighted by atomic mass is 10.00. The largest absolute Gasteiger partial charge is 0.506 e. The van der Waals surface area contributed by atoms with E-state index in [1.54, 1.807) is 54.7 Å². The third-order valence-electron chi connectivity index (χ3n) is 4.83. The van der Waals surface area contributed by atoms with Crippen LogP contribution in [0.5, 0.6) is 11.5 Å². The molecule has 1 aliphatic rings. The maximum absolute atomic E-state index is 12.5. The summed E-state index contributed by atoms with van der Waals surface area (Å²) in [5.41, 5.74) is 1.70. The van der Waals surface area contributed by atoms with Gasteiger partial charge in [-0.25, -0.2) is 8.42 Å². The fourth-order valence-electron chi connectivity index (χ4n) is 3.19. The van der Waals surface area contributed by atoms with E-state index in [2.05, 4.69) is 9.71 Å². The summed E-state index contributed by atoms with van der Waals surface area (Å²) >= 11 is 6.00. The van der Waals surface area contributed by atoms with Gasteiger partial charge in [-0.1, -0.05) is 23.7 Å². The van der Waals surface area contributed by atoms with Crippen molar-refractivity contribution in [2.24, 2.45) is 4.99 Å². The molecule has 2 N–H and O–H groups in total. The Hall–Kier alpha value is -3.29. The number of benzene rings is 3. The molecule has 0 spiro atoms. The van der Waals surface area contributed by atoms with Crippen LogP contribution >= 0.6 is 11.6 Å². The molecule has 0 fully saturated rings. The summed E-state index contributed by atoms with van der Waals surface area (Å²) in [5.74, 6) is 0.699. The molecule has 164 valence electrons. The Balaban J connectivity index is 1.51. The van der Waals surface area contributed by atoms with E-state index in [1.807, 2.05) is 26.0 Å². The lowest BCUT2D eigenvalue weighted by molar-refractivity contribution is 0.158. The van der Waals surface area contributed by atoms with Crippen LogP contribution in [0.2, 0.25) is 5.02 Å². The average Bonchev–Trinajstić information content (AvgIpc) is 2.73. The van der Waals surface area contributed by atoms with Crippen LogP contribution in [0.4, 0.5) is 11.4 Å². The van der Waals surface area contributed by atoms with Gasteiger partial charge in [-0.3, -0.25) is 9.71 Å². The SMILES string of the molecule is CC1(C)C=Cc2c(ccc(C=Nc3ccc(NS(=O)(=O)c4ccccc4Cl)cc3)c2O)O1. The van der Waals surface area contributed by atoms with Crippen molar-refractivity contribution in [3.05, 3.63) is 82.9 Å². The number of sulfonamides is 1. The first-order valence-corrected chi connectivity index (χ1v) is 11.7. The highest BCUT2D eigenvalue weighted by Gasteiger charge is 2.24. The molecule has 32 heavy (non-hydrogen) atoms. The highest BCUT2D eigenvalue weighted by molar-refractivity contribution is 7.92. The molecule has 0 radical (unpaired) electrons. The maximum Gasteiger partial charge on any atom is 0.263 e. The van der Waals surface area contributed by atoms with Gasteiger partial charge < -0.3 is 9.84 Å². The number of anilines is 1. The Morgan fingerprint density at radius 1 is 1.06 bits per heavy atom. The van der Waals surface area contributed by atoms with E-state index >= 15 is 0 Å². The number of nitrogens with one attached hydrogen (secondary N) is 1. The highest BCUT2D eigenvalue weighted by atomic mass is 35.5. The summed E-state index contributed by atoms with van der Waals surface area (Å²) < 4.78 is 33.4. The molecule has 0 aromatic heterocycles. The molecular weight excluding hydrogens is 448 g/mol. The molecule has 0 saturated heterocycles. The van der Waals surface area contributed by atoms with E-state index in [-0.39, 0.29) is 15.7 Å². The molecule has 6 nitrogen and oxygen atoms in total. The average molecular weight is 469 g/mol. The van der Waals surface area contributed by atoms with Crippen molar-refractivity contribution in [2.75, 3.05) is 4.72 Å². The normalized spacial score (nSPS) is 14.7. The minimum Gasteiger partial charge on any atom is -0.506 e. The van der Waals surface area contributed by atoms with E-state index in [4.69, 9.17) is 16.3 Å². The Morgan fingerprint density at radius 2 is 1.78 bits per heavy atom. The molecule has 4 rings (SSSR count). The van der Waals surface area contributed by atoms with Gasteiger partial charge in [0.1, 0.15) is 22.0 Å². The predicted molar refractivity (Wildman–Crippen MR) is 128 cm³/mol. The van der Waals surface area contributed by atoms with Crippen molar-refractivity contribution in [3.63, 3.8) is 0 Å². The van der Waals surface area contributed by atoms with Gasteiger partial charge in [-0.2, -0.15) is 0 Å². The number of rotatable bonds is 5. The molecule has 3 aromatic rings. The van der Waals surface area contributed by atoms with Crippen LogP contribution in [0.3, 0.4) is 0 Å². The first-order chi connectivity index (χ1) is 15.1. The molecule has 0 atom stereocenters. The van der Waals surface area contributed by atoms with Crippen LogP contribution in [-0.2, 0) is 10.0 Å². The van der Waals surface area contributed by atoms with Gasteiger partial charge in [-0.15, -0.1) is 0 Å². The summed E-state index contributed by atoms with van der Waals surface area (Å²) in [6.07, 6.45) is 5.27. The summed E-state index contributed by atoms with van der Waals surface area (Å²) in [7, 11) is -3.81. The van der Waals surface area contributed by atoms with Crippen LogP contribution < -0.4 is 9.46 Å². The van der Waals surface area contributed by atoms with E-state index in [1.165, 1.54) is 12.1 Å². The molecule has 0 amide bonds. The summed E-state index contributed by atoms with van der Waals surface area (Å²) in [4.78, 5) is 4.38. The third kappa shape index (κ3) is 4.64. The third-order valence-corrected chi connectivity index (χ3v) is 6.71. The topological polar surface area (TPSA) is 88.0 Å². The first kappa shape index (κ1) is 21.9. The Bertz CT molecular complexity index is 1330. The Kier molecular flexibility index (Phi) is 5.71. The van der Waals surface area contributed by atoms with Crippen LogP contribution in [-0.4, -0.2) is 25.3 Å². The van der Waals surface area contributed by atoms with Crippen molar-refractivity contribution in [2.45, 2.75) is 24.3 Å². The summed E-state index contributed by atoms with van der Waals surface area (Å²) in [6, 6.07) is 16.3. The van der Waals surface area contributed by atoms with Crippen molar-refractivity contribution < 1.29 is 18.3 Å². The van der Waals surface area contributed by atoms with Gasteiger partial charge in [0.25, 0.3) is 10.0 Å². The lowest BCUT2D eigenvalue weighted by Crippen LogP contribution is -2.27. The smallest absolute Gasteiger partial charge is 0.263 e. The zero-order valence-electron chi connectivity index (χ0n) is 17.4. The molecule has 0 saturated carbocycles. The quantitative estimate of drug-likeness (QED) is 0.464. The fraction of sp³-hybridized carbons (Fsp3) is 0.125. The molecule has 0 aliphatic carbocycles. The van der Waals surface area contributed by atoms with E-state index in [9.17, 15) is 13.5 Å². The standard InChI is InChI=1S/C24H21ClN2O4S/c1-24(2)14-13-19-21(31-24)12-7-16(23(19)28)15-26-17-8-10-18(11-9-17)27-32(29,30)22-6-4-3-5-20(22)25/h3-15,27-28H,1-2H3. The zero-order chi connectivity index (χ0) is 22.9. The highest BCUT2D eigenvalue weighted by Crippen LogP contribution is 2.38. The van der Waals surface area contributed by atoms with Gasteiger partial charge in [0.05, 0.1) is 16.3 Å². The number of halogens is 1. The lowest BCUT2D eigenvalue weighted by Gasteiger charge is -2.28. The molecule has 1 heterocycles. The molecule has 3 aromatic carbocycles. The number of hydrogen-bond donors (Lipinski definition) is 2. The molecule has 1 aliphatic heterocycles. The maximum atomic E-state index is 12.5. The predicted octanol–water partition coefficient (Wildman–Crippen LogP) is 5.78. The van der Waals surface area contributed by atoms with Gasteiger partial charge in [0, 0.05) is 17.5 Å². The molecule has 8 heteroatoms. The van der Waals surface area contributed by atoms with Gasteiger partial charge in [0.15, 0.2) is 0 Å².